The van der Waals surface area contributed by atoms with Crippen LogP contribution in [0.4, 0.5) is 15.9 Å². The number of hydrogen-bond acceptors (Lipinski definition) is 10. The minimum absolute atomic E-state index is 0.158. The van der Waals surface area contributed by atoms with E-state index in [2.05, 4.69) is 45.2 Å². The van der Waals surface area contributed by atoms with Gasteiger partial charge in [0.2, 0.25) is 0 Å². The maximum absolute atomic E-state index is 14.6. The number of halogens is 1. The summed E-state index contributed by atoms with van der Waals surface area (Å²) in [6.07, 6.45) is 6.84. The number of aromatic nitrogens is 8. The molecule has 0 unspecified atom stereocenters. The van der Waals surface area contributed by atoms with Gasteiger partial charge in [0, 0.05) is 55.1 Å². The molecule has 1 aliphatic rings. The number of nitrogens with zero attached hydrogens (tertiary/aromatic N) is 8. The van der Waals surface area contributed by atoms with Crippen LogP contribution in [0.25, 0.3) is 56.1 Å². The standard InChI is InChI=1S/C29H29FN12/c1-41(2)6-5-33-19-8-16(7-17(30)9-19)26-28-21(3-4-34-26)37-29(38-28)27-20-10-22(35-12-23(20)39-40-27)24-11-32-13-25(36-24)42-14-18(31)15-42/h3-4,7-13,18,33H,5-6,14-15,31H2,1-2H3,(H,37,38)(H,39,40). The first-order chi connectivity index (χ1) is 20.4. The van der Waals surface area contributed by atoms with Crippen molar-refractivity contribution >= 4 is 33.4 Å². The van der Waals surface area contributed by atoms with E-state index in [0.29, 0.717) is 51.9 Å². The molecule has 1 aromatic carbocycles. The van der Waals surface area contributed by atoms with E-state index >= 15 is 0 Å². The molecule has 0 bridgehead atoms. The van der Waals surface area contributed by atoms with Gasteiger partial charge in [0.15, 0.2) is 5.82 Å². The van der Waals surface area contributed by atoms with Crippen LogP contribution in [-0.4, -0.2) is 91.3 Å². The number of nitrogens with one attached hydrogen (secondary N) is 3. The number of anilines is 2. The van der Waals surface area contributed by atoms with E-state index in [-0.39, 0.29) is 11.9 Å². The molecule has 5 aromatic heterocycles. The molecule has 1 saturated heterocycles. The number of benzene rings is 1. The minimum Gasteiger partial charge on any atom is -0.384 e. The molecule has 0 amide bonds. The van der Waals surface area contributed by atoms with Crippen LogP contribution in [0.3, 0.4) is 0 Å². The van der Waals surface area contributed by atoms with E-state index < -0.39 is 0 Å². The molecule has 0 saturated carbocycles. The van der Waals surface area contributed by atoms with Crippen LogP contribution in [0.2, 0.25) is 0 Å². The maximum atomic E-state index is 14.6. The lowest BCUT2D eigenvalue weighted by molar-refractivity contribution is 0.425. The predicted octanol–water partition coefficient (Wildman–Crippen LogP) is 3.28. The lowest BCUT2D eigenvalue weighted by Gasteiger charge is -2.37. The monoisotopic (exact) mass is 564 g/mol. The summed E-state index contributed by atoms with van der Waals surface area (Å²) in [7, 11) is 3.99. The van der Waals surface area contributed by atoms with Gasteiger partial charge in [-0.15, -0.1) is 0 Å². The second-order valence-electron chi connectivity index (χ2n) is 10.7. The van der Waals surface area contributed by atoms with Crippen molar-refractivity contribution in [1.29, 1.82) is 0 Å². The molecular weight excluding hydrogens is 535 g/mol. The topological polar surface area (TPSA) is 153 Å². The molecule has 7 rings (SSSR count). The Bertz CT molecular complexity index is 1910. The third-order valence-corrected chi connectivity index (χ3v) is 7.25. The molecule has 13 heteroatoms. The number of imidazole rings is 1. The number of aromatic amines is 2. The Hall–Kier alpha value is -5.01. The average molecular weight is 565 g/mol. The van der Waals surface area contributed by atoms with Crippen molar-refractivity contribution in [2.45, 2.75) is 6.04 Å². The van der Waals surface area contributed by atoms with Crippen molar-refractivity contribution in [1.82, 2.24) is 45.0 Å². The van der Waals surface area contributed by atoms with Crippen molar-refractivity contribution in [2.24, 2.45) is 5.73 Å². The van der Waals surface area contributed by atoms with Gasteiger partial charge in [-0.25, -0.2) is 14.4 Å². The van der Waals surface area contributed by atoms with Crippen molar-refractivity contribution in [3.8, 4) is 34.2 Å². The summed E-state index contributed by atoms with van der Waals surface area (Å²) in [4.78, 5) is 30.7. The zero-order valence-electron chi connectivity index (χ0n) is 23.1. The normalized spacial score (nSPS) is 13.8. The highest BCUT2D eigenvalue weighted by atomic mass is 19.1. The molecule has 212 valence electrons. The minimum atomic E-state index is -0.350. The molecule has 6 aromatic rings. The lowest BCUT2D eigenvalue weighted by atomic mass is 10.1. The van der Waals surface area contributed by atoms with Crippen LogP contribution in [0.1, 0.15) is 0 Å². The van der Waals surface area contributed by atoms with Crippen molar-refractivity contribution in [3.05, 3.63) is 60.9 Å². The van der Waals surface area contributed by atoms with Gasteiger partial charge in [-0.2, -0.15) is 5.10 Å². The number of hydrogen-bond donors (Lipinski definition) is 4. The third kappa shape index (κ3) is 4.88. The Morgan fingerprint density at radius 1 is 1.02 bits per heavy atom. The lowest BCUT2D eigenvalue weighted by Crippen LogP contribution is -2.56. The summed E-state index contributed by atoms with van der Waals surface area (Å²) in [6.45, 7) is 3.01. The van der Waals surface area contributed by atoms with Gasteiger partial charge in [0.1, 0.15) is 28.5 Å². The second kappa shape index (κ2) is 10.4. The van der Waals surface area contributed by atoms with E-state index in [1.165, 1.54) is 12.1 Å². The Labute approximate surface area is 240 Å². The smallest absolute Gasteiger partial charge is 0.159 e. The van der Waals surface area contributed by atoms with Gasteiger partial charge in [-0.3, -0.25) is 20.1 Å². The number of fused-ring (bicyclic) bond motifs is 2. The fourth-order valence-electron chi connectivity index (χ4n) is 5.08. The SMILES string of the molecule is CN(C)CCNc1cc(F)cc(-c2nccc3[nH]c(-c4n[nH]c5cnc(-c6cncc(N7CC(N)C7)n6)cc45)nc23)c1. The summed E-state index contributed by atoms with van der Waals surface area (Å²) in [5.74, 6) is 0.976. The van der Waals surface area contributed by atoms with Gasteiger partial charge < -0.3 is 25.8 Å². The maximum Gasteiger partial charge on any atom is 0.159 e. The summed E-state index contributed by atoms with van der Waals surface area (Å²) in [5, 5.41) is 11.7. The Morgan fingerprint density at radius 2 is 1.90 bits per heavy atom. The van der Waals surface area contributed by atoms with Crippen LogP contribution < -0.4 is 16.0 Å². The number of likely N-dealkylation sites (N-methyl/N-ethyl adjacent to an activating group) is 1. The van der Waals surface area contributed by atoms with E-state index in [9.17, 15) is 4.39 Å². The molecule has 0 aliphatic carbocycles. The Balaban J connectivity index is 1.24. The first kappa shape index (κ1) is 25.9. The summed E-state index contributed by atoms with van der Waals surface area (Å²) in [6, 6.07) is 8.77. The van der Waals surface area contributed by atoms with Gasteiger partial charge >= 0.3 is 0 Å². The summed E-state index contributed by atoms with van der Waals surface area (Å²) in [5.41, 5.74) is 11.9. The van der Waals surface area contributed by atoms with Crippen LogP contribution >= 0.6 is 0 Å². The number of pyridine rings is 2. The van der Waals surface area contributed by atoms with Crippen LogP contribution in [0.5, 0.6) is 0 Å². The fourth-order valence-corrected chi connectivity index (χ4v) is 5.08. The Kier molecular flexibility index (Phi) is 6.44. The van der Waals surface area contributed by atoms with Crippen molar-refractivity contribution in [3.63, 3.8) is 0 Å². The van der Waals surface area contributed by atoms with Gasteiger partial charge in [-0.05, 0) is 44.4 Å². The first-order valence-corrected chi connectivity index (χ1v) is 13.6. The number of nitrogens with two attached hydrogens (primary N) is 1. The molecular formula is C29H29FN12. The highest BCUT2D eigenvalue weighted by Crippen LogP contribution is 2.32. The highest BCUT2D eigenvalue weighted by molar-refractivity contribution is 5.97. The quantitative estimate of drug-likeness (QED) is 0.217. The van der Waals surface area contributed by atoms with Gasteiger partial charge in [0.05, 0.1) is 41.0 Å². The third-order valence-electron chi connectivity index (χ3n) is 7.25. The van der Waals surface area contributed by atoms with Gasteiger partial charge in [0.25, 0.3) is 0 Å². The van der Waals surface area contributed by atoms with E-state index in [1.807, 2.05) is 32.3 Å². The second-order valence-corrected chi connectivity index (χ2v) is 10.7. The van der Waals surface area contributed by atoms with Crippen molar-refractivity contribution in [2.75, 3.05) is 50.5 Å². The van der Waals surface area contributed by atoms with Crippen LogP contribution in [0.15, 0.2) is 55.1 Å². The molecule has 12 nitrogen and oxygen atoms in total. The number of H-pyrrole nitrogens is 2. The molecule has 0 atom stereocenters. The number of rotatable bonds is 8. The fraction of sp³-hybridized carbons (Fsp3) is 0.241. The largest absolute Gasteiger partial charge is 0.384 e. The van der Waals surface area contributed by atoms with E-state index in [1.54, 1.807) is 24.8 Å². The summed E-state index contributed by atoms with van der Waals surface area (Å²) >= 11 is 0. The van der Waals surface area contributed by atoms with Gasteiger partial charge in [-0.1, -0.05) is 0 Å². The molecule has 42 heavy (non-hydrogen) atoms. The van der Waals surface area contributed by atoms with E-state index in [4.69, 9.17) is 15.7 Å². The molecule has 0 radical (unpaired) electrons. The van der Waals surface area contributed by atoms with Crippen molar-refractivity contribution < 1.29 is 4.39 Å². The van der Waals surface area contributed by atoms with Crippen LogP contribution in [-0.2, 0) is 0 Å². The zero-order chi connectivity index (χ0) is 28.8. The molecule has 1 fully saturated rings. The Morgan fingerprint density at radius 3 is 2.74 bits per heavy atom. The first-order valence-electron chi connectivity index (χ1n) is 13.6. The summed E-state index contributed by atoms with van der Waals surface area (Å²) < 4.78 is 14.6. The molecule has 6 heterocycles. The molecule has 1 aliphatic heterocycles. The zero-order valence-corrected chi connectivity index (χ0v) is 23.1. The average Bonchev–Trinajstić information content (AvgIpc) is 3.59. The van der Waals surface area contributed by atoms with Crippen LogP contribution in [0, 0.1) is 5.82 Å². The predicted molar refractivity (Wildman–Crippen MR) is 160 cm³/mol. The molecule has 0 spiro atoms. The highest BCUT2D eigenvalue weighted by Gasteiger charge is 2.25. The molecule has 5 N–H and O–H groups in total. The van der Waals surface area contributed by atoms with E-state index in [0.717, 1.165) is 41.9 Å².